The van der Waals surface area contributed by atoms with Crippen molar-refractivity contribution in [1.29, 1.82) is 0 Å². The Hall–Kier alpha value is -1.82. The third-order valence-corrected chi connectivity index (χ3v) is 8.38. The minimum absolute atomic E-state index is 0.703. The van der Waals surface area contributed by atoms with Gasteiger partial charge in [0.15, 0.2) is 0 Å². The molecule has 0 heterocycles. The zero-order valence-corrected chi connectivity index (χ0v) is 15.9. The molecule has 0 unspecified atom stereocenters. The van der Waals surface area contributed by atoms with Gasteiger partial charge < -0.3 is 0 Å². The van der Waals surface area contributed by atoms with E-state index in [2.05, 4.69) is 84.9 Å². The lowest BCUT2D eigenvalue weighted by Gasteiger charge is -2.26. The average molecular weight is 368 g/mol. The highest BCUT2D eigenvalue weighted by atomic mass is 35.5. The van der Waals surface area contributed by atoms with Crippen LogP contribution in [0.3, 0.4) is 0 Å². The van der Waals surface area contributed by atoms with Crippen molar-refractivity contribution in [3.05, 3.63) is 91.0 Å². The van der Waals surface area contributed by atoms with Gasteiger partial charge in [0, 0.05) is 12.9 Å². The SMILES string of the molecule is ClCCCCP(=Nc1ccccc1)(c1ccccc1)c1ccccc1. The zero-order valence-electron chi connectivity index (χ0n) is 14.3. The van der Waals surface area contributed by atoms with Gasteiger partial charge in [-0.1, -0.05) is 78.9 Å². The molecule has 0 fully saturated rings. The molecule has 3 rings (SSSR count). The normalized spacial score (nSPS) is 11.2. The third-order valence-electron chi connectivity index (χ3n) is 4.27. The summed E-state index contributed by atoms with van der Waals surface area (Å²) in [6.07, 6.45) is 3.15. The molecule has 0 amide bonds. The summed E-state index contributed by atoms with van der Waals surface area (Å²) in [7, 11) is -1.89. The molecule has 1 nitrogen and oxygen atoms in total. The van der Waals surface area contributed by atoms with Crippen LogP contribution in [0.25, 0.3) is 0 Å². The summed E-state index contributed by atoms with van der Waals surface area (Å²) in [6.45, 7) is 0. The molecular formula is C22H23ClNP. The van der Waals surface area contributed by atoms with E-state index in [0.29, 0.717) is 5.88 Å². The Bertz CT molecular complexity index is 773. The first-order valence-corrected chi connectivity index (χ1v) is 11.1. The number of nitrogens with zero attached hydrogens (tertiary/aromatic N) is 1. The van der Waals surface area contributed by atoms with E-state index in [-0.39, 0.29) is 0 Å². The molecule has 0 N–H and O–H groups in total. The summed E-state index contributed by atoms with van der Waals surface area (Å²) in [6, 6.07) is 31.9. The number of hydrogen-bond acceptors (Lipinski definition) is 1. The number of benzene rings is 3. The van der Waals surface area contributed by atoms with E-state index >= 15 is 0 Å². The molecule has 0 spiro atoms. The molecule has 0 atom stereocenters. The first-order chi connectivity index (χ1) is 12.3. The van der Waals surface area contributed by atoms with E-state index in [9.17, 15) is 0 Å². The van der Waals surface area contributed by atoms with Crippen LogP contribution >= 0.6 is 18.7 Å². The summed E-state index contributed by atoms with van der Waals surface area (Å²) in [5.74, 6) is 0.703. The maximum absolute atomic E-state index is 5.96. The smallest absolute Gasteiger partial charge is 0.0621 e. The molecule has 0 aliphatic heterocycles. The largest absolute Gasteiger partial charge is 0.258 e. The molecule has 3 heteroatoms. The molecule has 3 aromatic rings. The van der Waals surface area contributed by atoms with Crippen molar-refractivity contribution < 1.29 is 0 Å². The Labute approximate surface area is 155 Å². The fraction of sp³-hybridized carbons (Fsp3) is 0.182. The fourth-order valence-corrected chi connectivity index (χ4v) is 6.92. The highest BCUT2D eigenvalue weighted by molar-refractivity contribution is 7.81. The second-order valence-electron chi connectivity index (χ2n) is 6.00. The number of halogens is 1. The first-order valence-electron chi connectivity index (χ1n) is 8.69. The van der Waals surface area contributed by atoms with Crippen molar-refractivity contribution in [3.63, 3.8) is 0 Å². The second-order valence-corrected chi connectivity index (χ2v) is 9.59. The van der Waals surface area contributed by atoms with E-state index in [0.717, 1.165) is 24.7 Å². The van der Waals surface area contributed by atoms with E-state index in [1.807, 2.05) is 6.07 Å². The quantitative estimate of drug-likeness (QED) is 0.268. The highest BCUT2D eigenvalue weighted by Crippen LogP contribution is 2.50. The van der Waals surface area contributed by atoms with Crippen molar-refractivity contribution in [2.45, 2.75) is 12.8 Å². The van der Waals surface area contributed by atoms with Crippen LogP contribution in [0.5, 0.6) is 0 Å². The standard InChI is InChI=1S/C22H23ClNP/c23-18-10-11-19-25(21-14-6-2-7-15-21,22-16-8-3-9-17-22)24-20-12-4-1-5-13-20/h1-9,12-17H,10-11,18-19H2. The molecule has 0 aliphatic rings. The van der Waals surface area contributed by atoms with Gasteiger partial charge >= 0.3 is 0 Å². The highest BCUT2D eigenvalue weighted by Gasteiger charge is 2.24. The van der Waals surface area contributed by atoms with Gasteiger partial charge in [0.2, 0.25) is 0 Å². The fourth-order valence-electron chi connectivity index (χ4n) is 3.05. The lowest BCUT2D eigenvalue weighted by molar-refractivity contribution is 0.898. The lowest BCUT2D eigenvalue weighted by Crippen LogP contribution is -2.19. The van der Waals surface area contributed by atoms with Crippen molar-refractivity contribution in [2.75, 3.05) is 12.0 Å². The van der Waals surface area contributed by atoms with Gasteiger partial charge in [-0.15, -0.1) is 11.6 Å². The summed E-state index contributed by atoms with van der Waals surface area (Å²) in [4.78, 5) is 0. The Morgan fingerprint density at radius 2 is 1.12 bits per heavy atom. The minimum atomic E-state index is -1.89. The van der Waals surface area contributed by atoms with Crippen molar-refractivity contribution in [1.82, 2.24) is 0 Å². The van der Waals surface area contributed by atoms with E-state index < -0.39 is 7.05 Å². The number of rotatable bonds is 7. The summed E-state index contributed by atoms with van der Waals surface area (Å²) >= 11 is 5.96. The summed E-state index contributed by atoms with van der Waals surface area (Å²) in [5, 5.41) is 2.67. The molecule has 0 saturated heterocycles. The second kappa shape index (κ2) is 9.04. The number of alkyl halides is 1. The van der Waals surface area contributed by atoms with Crippen LogP contribution in [0.1, 0.15) is 12.8 Å². The van der Waals surface area contributed by atoms with Gasteiger partial charge in [0.25, 0.3) is 0 Å². The van der Waals surface area contributed by atoms with E-state index in [4.69, 9.17) is 16.3 Å². The molecule has 3 aromatic carbocycles. The van der Waals surface area contributed by atoms with Crippen molar-refractivity contribution in [2.24, 2.45) is 4.74 Å². The number of hydrogen-bond donors (Lipinski definition) is 0. The Kier molecular flexibility index (Phi) is 6.50. The molecule has 0 aliphatic carbocycles. The van der Waals surface area contributed by atoms with Crippen LogP contribution in [0.2, 0.25) is 0 Å². The molecule has 25 heavy (non-hydrogen) atoms. The van der Waals surface area contributed by atoms with Gasteiger partial charge in [-0.3, -0.25) is 4.74 Å². The Balaban J connectivity index is 2.22. The monoisotopic (exact) mass is 367 g/mol. The van der Waals surface area contributed by atoms with Gasteiger partial charge in [-0.05, 0) is 41.7 Å². The van der Waals surface area contributed by atoms with Gasteiger partial charge in [0.05, 0.1) is 5.69 Å². The van der Waals surface area contributed by atoms with Crippen LogP contribution in [0, 0.1) is 0 Å². The molecule has 0 aromatic heterocycles. The zero-order chi connectivity index (χ0) is 17.4. The van der Waals surface area contributed by atoms with Crippen molar-refractivity contribution >= 4 is 35.0 Å². The van der Waals surface area contributed by atoms with Crippen LogP contribution in [-0.2, 0) is 0 Å². The van der Waals surface area contributed by atoms with Gasteiger partial charge in [0.1, 0.15) is 0 Å². The molecule has 0 saturated carbocycles. The van der Waals surface area contributed by atoms with Gasteiger partial charge in [-0.25, -0.2) is 0 Å². The molecule has 0 bridgehead atoms. The van der Waals surface area contributed by atoms with Crippen LogP contribution in [0.4, 0.5) is 5.69 Å². The van der Waals surface area contributed by atoms with Crippen LogP contribution < -0.4 is 10.6 Å². The maximum atomic E-state index is 5.96. The predicted octanol–water partition coefficient (Wildman–Crippen LogP) is 6.19. The van der Waals surface area contributed by atoms with Gasteiger partial charge in [-0.2, -0.15) is 0 Å². The maximum Gasteiger partial charge on any atom is 0.0621 e. The predicted molar refractivity (Wildman–Crippen MR) is 112 cm³/mol. The molecule has 128 valence electrons. The summed E-state index contributed by atoms with van der Waals surface area (Å²) in [5.41, 5.74) is 1.05. The van der Waals surface area contributed by atoms with Crippen molar-refractivity contribution in [3.8, 4) is 0 Å². The number of unbranched alkanes of at least 4 members (excludes halogenated alkanes) is 1. The molecule has 0 radical (unpaired) electrons. The lowest BCUT2D eigenvalue weighted by atomic mass is 10.3. The van der Waals surface area contributed by atoms with Crippen LogP contribution in [0.15, 0.2) is 95.7 Å². The minimum Gasteiger partial charge on any atom is -0.258 e. The Morgan fingerprint density at radius 3 is 1.60 bits per heavy atom. The summed E-state index contributed by atoms with van der Waals surface area (Å²) < 4.78 is 5.37. The average Bonchev–Trinajstić information content (AvgIpc) is 2.69. The topological polar surface area (TPSA) is 12.4 Å². The molecular weight excluding hydrogens is 345 g/mol. The first kappa shape index (κ1) is 18.0. The third kappa shape index (κ3) is 4.42. The van der Waals surface area contributed by atoms with Crippen LogP contribution in [-0.4, -0.2) is 12.0 Å². The Morgan fingerprint density at radius 1 is 0.640 bits per heavy atom. The van der Waals surface area contributed by atoms with E-state index in [1.165, 1.54) is 10.6 Å². The van der Waals surface area contributed by atoms with E-state index in [1.54, 1.807) is 0 Å².